The molecule has 0 saturated heterocycles. The minimum absolute atomic E-state index is 0.0902. The number of hydrogen-bond acceptors (Lipinski definition) is 7. The molecule has 8 nitrogen and oxygen atoms in total. The number of esters is 1. The van der Waals surface area contributed by atoms with Gasteiger partial charge in [0.05, 0.1) is 19.8 Å². The normalized spacial score (nSPS) is 14.4. The van der Waals surface area contributed by atoms with Gasteiger partial charge in [0, 0.05) is 19.6 Å². The summed E-state index contributed by atoms with van der Waals surface area (Å²) >= 11 is 0. The molecule has 0 saturated carbocycles. The first kappa shape index (κ1) is 51.7. The van der Waals surface area contributed by atoms with Crippen LogP contribution in [0.15, 0.2) is 85.1 Å². The molecule has 2 atom stereocenters. The molecule has 0 bridgehead atoms. The zero-order chi connectivity index (χ0) is 39.5. The molecule has 0 amide bonds. The average Bonchev–Trinajstić information content (AvgIpc) is 3.16. The zero-order valence-electron chi connectivity index (χ0n) is 34.2. The molecule has 0 aromatic carbocycles. The maximum Gasteiger partial charge on any atom is 0.472 e. The Labute approximate surface area is 330 Å². The molecule has 9 heteroatoms. The first-order valence-electron chi connectivity index (χ1n) is 21.1. The molecule has 0 aliphatic carbocycles. The molecule has 0 aromatic heterocycles. The summed E-state index contributed by atoms with van der Waals surface area (Å²) in [5.74, 6) is -0.351. The van der Waals surface area contributed by atoms with E-state index in [1.54, 1.807) is 0 Å². The fourth-order valence-electron chi connectivity index (χ4n) is 5.29. The van der Waals surface area contributed by atoms with Crippen LogP contribution in [0.5, 0.6) is 0 Å². The molecule has 0 rings (SSSR count). The van der Waals surface area contributed by atoms with Crippen molar-refractivity contribution in [3.05, 3.63) is 85.1 Å². The van der Waals surface area contributed by atoms with Crippen LogP contribution in [0.1, 0.15) is 155 Å². The largest absolute Gasteiger partial charge is 0.472 e. The van der Waals surface area contributed by atoms with Crippen LogP contribution in [0.3, 0.4) is 0 Å². The fourth-order valence-corrected chi connectivity index (χ4v) is 6.06. The second kappa shape index (κ2) is 41.8. The predicted molar refractivity (Wildman–Crippen MR) is 228 cm³/mol. The first-order chi connectivity index (χ1) is 26.4. The van der Waals surface area contributed by atoms with E-state index >= 15 is 0 Å². The number of unbranched alkanes of at least 4 members (excludes halogenated alkanes) is 12. The SMILES string of the molecule is CC/C=C\C/C=C\C/C=C\C/C=C\CCCCCCCCCCC(=O)OC(COCCCCCC/C=C\C/C=C\C/C=C\CC)COP(=O)(O)OCCN. The summed E-state index contributed by atoms with van der Waals surface area (Å²) in [5, 5.41) is 0. The number of hydrogen-bond donors (Lipinski definition) is 2. The number of nitrogens with two attached hydrogens (primary N) is 1. The lowest BCUT2D eigenvalue weighted by molar-refractivity contribution is -0.154. The first-order valence-corrected chi connectivity index (χ1v) is 22.6. The third-order valence-electron chi connectivity index (χ3n) is 8.31. The summed E-state index contributed by atoms with van der Waals surface area (Å²) in [6, 6.07) is 0. The smallest absolute Gasteiger partial charge is 0.457 e. The summed E-state index contributed by atoms with van der Waals surface area (Å²) < 4.78 is 33.4. The monoisotopic (exact) mass is 776 g/mol. The fraction of sp³-hybridized carbons (Fsp3) is 0.667. The Hall–Kier alpha value is -2.32. The van der Waals surface area contributed by atoms with Crippen LogP contribution in [-0.4, -0.2) is 49.9 Å². The van der Waals surface area contributed by atoms with Crippen molar-refractivity contribution in [2.45, 2.75) is 161 Å². The van der Waals surface area contributed by atoms with E-state index in [9.17, 15) is 14.3 Å². The topological polar surface area (TPSA) is 117 Å². The number of ether oxygens (including phenoxy) is 2. The number of phosphoric ester groups is 1. The minimum Gasteiger partial charge on any atom is -0.457 e. The standard InChI is InChI=1S/C45H78NO7P/c1-3-5-7-9-11-13-15-17-19-20-21-22-23-24-25-26-28-30-32-34-36-38-45(47)53-44(43-52-54(48,49)51-41-39-46)42-50-40-37-35-33-31-29-27-18-16-14-12-10-8-6-4-2/h5-8,11-14,17-19,21-22,27,44H,3-4,9-10,15-16,20,23-26,28-43,46H2,1-2H3,(H,48,49)/b7-5-,8-6-,13-11-,14-12-,19-17-,22-21-,27-18-. The number of phosphoric acid groups is 1. The Kier molecular flexibility index (Phi) is 40.0. The Bertz CT molecular complexity index is 1100. The molecule has 2 unspecified atom stereocenters. The van der Waals surface area contributed by atoms with Crippen LogP contribution in [0.2, 0.25) is 0 Å². The van der Waals surface area contributed by atoms with Crippen LogP contribution < -0.4 is 5.73 Å². The van der Waals surface area contributed by atoms with Crippen LogP contribution >= 0.6 is 7.82 Å². The van der Waals surface area contributed by atoms with Crippen LogP contribution in [0, 0.1) is 0 Å². The molecule has 3 N–H and O–H groups in total. The van der Waals surface area contributed by atoms with Crippen molar-refractivity contribution >= 4 is 13.8 Å². The Morgan fingerprint density at radius 1 is 0.556 bits per heavy atom. The van der Waals surface area contributed by atoms with Gasteiger partial charge in [-0.15, -0.1) is 0 Å². The van der Waals surface area contributed by atoms with E-state index in [-0.39, 0.29) is 32.3 Å². The van der Waals surface area contributed by atoms with Crippen molar-refractivity contribution in [3.8, 4) is 0 Å². The third kappa shape index (κ3) is 40.9. The van der Waals surface area contributed by atoms with Crippen molar-refractivity contribution in [1.82, 2.24) is 0 Å². The van der Waals surface area contributed by atoms with E-state index in [4.69, 9.17) is 24.3 Å². The minimum atomic E-state index is -4.29. The van der Waals surface area contributed by atoms with Gasteiger partial charge >= 0.3 is 13.8 Å². The molecule has 0 aliphatic heterocycles. The molecular formula is C45H78NO7P. The van der Waals surface area contributed by atoms with Gasteiger partial charge < -0.3 is 20.1 Å². The van der Waals surface area contributed by atoms with Crippen LogP contribution in [0.25, 0.3) is 0 Å². The van der Waals surface area contributed by atoms with Gasteiger partial charge in [-0.25, -0.2) is 4.57 Å². The van der Waals surface area contributed by atoms with E-state index in [2.05, 4.69) is 98.9 Å². The summed E-state index contributed by atoms with van der Waals surface area (Å²) in [6.45, 7) is 4.61. The molecule has 0 aliphatic rings. The van der Waals surface area contributed by atoms with E-state index in [0.717, 1.165) is 103 Å². The quantitative estimate of drug-likeness (QED) is 0.0274. The second-order valence-electron chi connectivity index (χ2n) is 13.4. The van der Waals surface area contributed by atoms with Gasteiger partial charge in [-0.2, -0.15) is 0 Å². The van der Waals surface area contributed by atoms with E-state index in [0.29, 0.717) is 13.0 Å². The van der Waals surface area contributed by atoms with Crippen molar-refractivity contribution in [3.63, 3.8) is 0 Å². The molecule has 310 valence electrons. The number of carbonyl (C=O) groups excluding carboxylic acids is 1. The molecule has 0 fully saturated rings. The summed E-state index contributed by atoms with van der Waals surface area (Å²) in [6.07, 6.45) is 53.1. The summed E-state index contributed by atoms with van der Waals surface area (Å²) in [7, 11) is -4.29. The molecule has 54 heavy (non-hydrogen) atoms. The molecule has 0 spiro atoms. The maximum atomic E-state index is 12.6. The Morgan fingerprint density at radius 3 is 1.46 bits per heavy atom. The maximum absolute atomic E-state index is 12.6. The highest BCUT2D eigenvalue weighted by molar-refractivity contribution is 7.47. The van der Waals surface area contributed by atoms with Crippen molar-refractivity contribution < 1.29 is 32.8 Å². The zero-order valence-corrected chi connectivity index (χ0v) is 35.1. The van der Waals surface area contributed by atoms with Gasteiger partial charge in [-0.1, -0.05) is 150 Å². The number of rotatable bonds is 39. The van der Waals surface area contributed by atoms with E-state index < -0.39 is 13.9 Å². The van der Waals surface area contributed by atoms with Crippen LogP contribution in [-0.2, 0) is 27.9 Å². The van der Waals surface area contributed by atoms with E-state index in [1.165, 1.54) is 32.1 Å². The molecule has 0 heterocycles. The lowest BCUT2D eigenvalue weighted by Gasteiger charge is -2.20. The van der Waals surface area contributed by atoms with Crippen LogP contribution in [0.4, 0.5) is 0 Å². The summed E-state index contributed by atoms with van der Waals surface area (Å²) in [5.41, 5.74) is 5.36. The number of allylic oxidation sites excluding steroid dienone is 14. The van der Waals surface area contributed by atoms with E-state index in [1.807, 2.05) is 0 Å². The molecule has 0 radical (unpaired) electrons. The highest BCUT2D eigenvalue weighted by Crippen LogP contribution is 2.43. The highest BCUT2D eigenvalue weighted by atomic mass is 31.2. The van der Waals surface area contributed by atoms with Gasteiger partial charge in [0.25, 0.3) is 0 Å². The summed E-state index contributed by atoms with van der Waals surface area (Å²) in [4.78, 5) is 22.5. The third-order valence-corrected chi connectivity index (χ3v) is 9.29. The lowest BCUT2D eigenvalue weighted by atomic mass is 10.1. The average molecular weight is 776 g/mol. The Morgan fingerprint density at radius 2 is 0.981 bits per heavy atom. The van der Waals surface area contributed by atoms with Crippen molar-refractivity contribution in [2.75, 3.05) is 33.0 Å². The van der Waals surface area contributed by atoms with Crippen molar-refractivity contribution in [1.29, 1.82) is 0 Å². The molecular weight excluding hydrogens is 697 g/mol. The van der Waals surface area contributed by atoms with Gasteiger partial charge in [0.1, 0.15) is 6.10 Å². The lowest BCUT2D eigenvalue weighted by Crippen LogP contribution is -2.28. The Balaban J connectivity index is 4.09. The van der Waals surface area contributed by atoms with Gasteiger partial charge in [0.2, 0.25) is 0 Å². The van der Waals surface area contributed by atoms with Gasteiger partial charge in [0.15, 0.2) is 0 Å². The van der Waals surface area contributed by atoms with Gasteiger partial charge in [-0.05, 0) is 83.5 Å². The highest BCUT2D eigenvalue weighted by Gasteiger charge is 2.25. The second-order valence-corrected chi connectivity index (χ2v) is 14.9. The molecule has 0 aromatic rings. The van der Waals surface area contributed by atoms with Gasteiger partial charge in [-0.3, -0.25) is 13.8 Å². The predicted octanol–water partition coefficient (Wildman–Crippen LogP) is 12.5. The number of carbonyl (C=O) groups is 1. The van der Waals surface area contributed by atoms with Crippen molar-refractivity contribution in [2.24, 2.45) is 5.73 Å².